The molecule has 0 saturated carbocycles. The maximum absolute atomic E-state index is 11.5. The molecule has 1 aromatic carbocycles. The van der Waals surface area contributed by atoms with Crippen LogP contribution >= 0.6 is 11.3 Å². The monoisotopic (exact) mass is 262 g/mol. The van der Waals surface area contributed by atoms with Gasteiger partial charge in [0.1, 0.15) is 5.01 Å². The molecule has 0 saturated heterocycles. The van der Waals surface area contributed by atoms with E-state index in [1.54, 1.807) is 12.3 Å². The molecule has 18 heavy (non-hydrogen) atoms. The van der Waals surface area contributed by atoms with E-state index >= 15 is 0 Å². The number of nitrogens with two attached hydrogens (primary N) is 1. The van der Waals surface area contributed by atoms with Crippen molar-refractivity contribution in [3.05, 3.63) is 34.8 Å². The van der Waals surface area contributed by atoms with Crippen molar-refractivity contribution in [2.24, 2.45) is 0 Å². The van der Waals surface area contributed by atoms with Crippen molar-refractivity contribution in [1.82, 2.24) is 4.98 Å². The summed E-state index contributed by atoms with van der Waals surface area (Å²) in [6, 6.07) is 5.77. The molecule has 0 fully saturated rings. The van der Waals surface area contributed by atoms with E-state index in [0.717, 1.165) is 16.1 Å². The fourth-order valence-corrected chi connectivity index (χ4v) is 2.41. The lowest BCUT2D eigenvalue weighted by Gasteiger charge is -2.03. The van der Waals surface area contributed by atoms with E-state index in [4.69, 9.17) is 10.5 Å². The van der Waals surface area contributed by atoms with Gasteiger partial charge in [0.15, 0.2) is 5.69 Å². The first-order chi connectivity index (χ1) is 8.61. The predicted molar refractivity (Wildman–Crippen MR) is 72.7 cm³/mol. The summed E-state index contributed by atoms with van der Waals surface area (Å²) in [7, 11) is 0. The maximum atomic E-state index is 11.5. The molecule has 0 aliphatic rings. The summed E-state index contributed by atoms with van der Waals surface area (Å²) in [5.74, 6) is -0.398. The molecule has 4 nitrogen and oxygen atoms in total. The van der Waals surface area contributed by atoms with Crippen LogP contribution < -0.4 is 5.73 Å². The first-order valence-electron chi connectivity index (χ1n) is 5.61. The average Bonchev–Trinajstić information content (AvgIpc) is 2.78. The highest BCUT2D eigenvalue weighted by atomic mass is 32.1. The van der Waals surface area contributed by atoms with Crippen LogP contribution in [-0.4, -0.2) is 17.6 Å². The average molecular weight is 262 g/mol. The SMILES string of the molecule is CCOC(=O)c1csc(-c2ccc(C)cc2N)n1. The fraction of sp³-hybridized carbons (Fsp3) is 0.231. The Morgan fingerprint density at radius 1 is 1.50 bits per heavy atom. The molecule has 0 spiro atoms. The van der Waals surface area contributed by atoms with E-state index in [1.165, 1.54) is 11.3 Å². The summed E-state index contributed by atoms with van der Waals surface area (Å²) >= 11 is 1.38. The van der Waals surface area contributed by atoms with Crippen LogP contribution in [0.25, 0.3) is 10.6 Å². The third kappa shape index (κ3) is 2.51. The summed E-state index contributed by atoms with van der Waals surface area (Å²) in [6.07, 6.45) is 0. The zero-order valence-corrected chi connectivity index (χ0v) is 11.1. The van der Waals surface area contributed by atoms with Gasteiger partial charge in [0.2, 0.25) is 0 Å². The van der Waals surface area contributed by atoms with E-state index in [-0.39, 0.29) is 0 Å². The van der Waals surface area contributed by atoms with E-state index in [9.17, 15) is 4.79 Å². The highest BCUT2D eigenvalue weighted by molar-refractivity contribution is 7.13. The van der Waals surface area contributed by atoms with Gasteiger partial charge in [0, 0.05) is 16.6 Å². The molecule has 94 valence electrons. The van der Waals surface area contributed by atoms with Gasteiger partial charge < -0.3 is 10.5 Å². The number of aromatic nitrogens is 1. The highest BCUT2D eigenvalue weighted by Gasteiger charge is 2.13. The smallest absolute Gasteiger partial charge is 0.357 e. The minimum atomic E-state index is -0.398. The highest BCUT2D eigenvalue weighted by Crippen LogP contribution is 2.29. The van der Waals surface area contributed by atoms with Crippen molar-refractivity contribution < 1.29 is 9.53 Å². The molecule has 2 rings (SSSR count). The molecule has 1 aromatic heterocycles. The summed E-state index contributed by atoms with van der Waals surface area (Å²) in [5, 5.41) is 2.42. The van der Waals surface area contributed by atoms with Crippen molar-refractivity contribution in [3.8, 4) is 10.6 Å². The lowest BCUT2D eigenvalue weighted by atomic mass is 10.1. The molecule has 0 aliphatic heterocycles. The zero-order chi connectivity index (χ0) is 13.1. The molecule has 1 heterocycles. The van der Waals surface area contributed by atoms with Crippen LogP contribution in [0.5, 0.6) is 0 Å². The van der Waals surface area contributed by atoms with E-state index in [0.29, 0.717) is 18.0 Å². The number of thiazole rings is 1. The molecule has 0 amide bonds. The Morgan fingerprint density at radius 2 is 2.28 bits per heavy atom. The number of nitrogens with zero attached hydrogens (tertiary/aromatic N) is 1. The number of benzene rings is 1. The number of rotatable bonds is 3. The molecule has 0 unspecified atom stereocenters. The van der Waals surface area contributed by atoms with Crippen molar-refractivity contribution in [1.29, 1.82) is 0 Å². The fourth-order valence-electron chi connectivity index (χ4n) is 1.57. The predicted octanol–water partition coefficient (Wildman–Crippen LogP) is 2.88. The molecule has 0 bridgehead atoms. The molecule has 5 heteroatoms. The van der Waals surface area contributed by atoms with Gasteiger partial charge in [-0.1, -0.05) is 6.07 Å². The number of carbonyl (C=O) groups is 1. The normalized spacial score (nSPS) is 10.3. The Bertz CT molecular complexity index is 578. The number of hydrogen-bond donors (Lipinski definition) is 1. The van der Waals surface area contributed by atoms with Gasteiger partial charge in [-0.15, -0.1) is 11.3 Å². The van der Waals surface area contributed by atoms with Crippen molar-refractivity contribution in [2.45, 2.75) is 13.8 Å². The molecule has 2 N–H and O–H groups in total. The second-order valence-electron chi connectivity index (χ2n) is 3.85. The second kappa shape index (κ2) is 5.18. The molecular formula is C13H14N2O2S. The Labute approximate surface area is 109 Å². The quantitative estimate of drug-likeness (QED) is 0.682. The van der Waals surface area contributed by atoms with Crippen LogP contribution in [0.2, 0.25) is 0 Å². The van der Waals surface area contributed by atoms with Gasteiger partial charge in [0.05, 0.1) is 6.61 Å². The van der Waals surface area contributed by atoms with Gasteiger partial charge in [-0.25, -0.2) is 9.78 Å². The van der Waals surface area contributed by atoms with Crippen molar-refractivity contribution >= 4 is 23.0 Å². The molecule has 2 aromatic rings. The Hall–Kier alpha value is -1.88. The third-order valence-electron chi connectivity index (χ3n) is 2.43. The first kappa shape index (κ1) is 12.6. The minimum absolute atomic E-state index is 0.330. The molecular weight excluding hydrogens is 248 g/mol. The van der Waals surface area contributed by atoms with Crippen LogP contribution in [0, 0.1) is 6.92 Å². The Balaban J connectivity index is 2.32. The lowest BCUT2D eigenvalue weighted by Crippen LogP contribution is -2.04. The number of anilines is 1. The second-order valence-corrected chi connectivity index (χ2v) is 4.71. The zero-order valence-electron chi connectivity index (χ0n) is 10.3. The standard InChI is InChI=1S/C13H14N2O2S/c1-3-17-13(16)11-7-18-12(15-11)9-5-4-8(2)6-10(9)14/h4-7H,3,14H2,1-2H3. The number of ether oxygens (including phenoxy) is 1. The number of hydrogen-bond acceptors (Lipinski definition) is 5. The molecule has 0 aliphatic carbocycles. The van der Waals surface area contributed by atoms with Gasteiger partial charge in [0.25, 0.3) is 0 Å². The Kier molecular flexibility index (Phi) is 3.62. The van der Waals surface area contributed by atoms with Crippen LogP contribution in [0.1, 0.15) is 23.0 Å². The van der Waals surface area contributed by atoms with Gasteiger partial charge in [-0.2, -0.15) is 0 Å². The molecule has 0 atom stereocenters. The topological polar surface area (TPSA) is 65.2 Å². The van der Waals surface area contributed by atoms with Gasteiger partial charge >= 0.3 is 5.97 Å². The maximum Gasteiger partial charge on any atom is 0.357 e. The third-order valence-corrected chi connectivity index (χ3v) is 3.30. The van der Waals surface area contributed by atoms with E-state index < -0.39 is 5.97 Å². The number of aryl methyl sites for hydroxylation is 1. The number of carbonyl (C=O) groups excluding carboxylic acids is 1. The van der Waals surface area contributed by atoms with E-state index in [1.807, 2.05) is 25.1 Å². The Morgan fingerprint density at radius 3 is 2.94 bits per heavy atom. The summed E-state index contributed by atoms with van der Waals surface area (Å²) < 4.78 is 4.90. The number of nitrogen functional groups attached to an aromatic ring is 1. The van der Waals surface area contributed by atoms with Crippen LogP contribution in [0.15, 0.2) is 23.6 Å². The van der Waals surface area contributed by atoms with Gasteiger partial charge in [-0.3, -0.25) is 0 Å². The summed E-state index contributed by atoms with van der Waals surface area (Å²) in [4.78, 5) is 15.8. The lowest BCUT2D eigenvalue weighted by molar-refractivity contribution is 0.0520. The van der Waals surface area contributed by atoms with Crippen molar-refractivity contribution in [2.75, 3.05) is 12.3 Å². The van der Waals surface area contributed by atoms with E-state index in [2.05, 4.69) is 4.98 Å². The van der Waals surface area contributed by atoms with Crippen LogP contribution in [0.3, 0.4) is 0 Å². The largest absolute Gasteiger partial charge is 0.461 e. The van der Waals surface area contributed by atoms with Crippen LogP contribution in [-0.2, 0) is 4.74 Å². The van der Waals surface area contributed by atoms with Gasteiger partial charge in [-0.05, 0) is 31.5 Å². The summed E-state index contributed by atoms with van der Waals surface area (Å²) in [5.41, 5.74) is 8.89. The molecule has 0 radical (unpaired) electrons. The first-order valence-corrected chi connectivity index (χ1v) is 6.49. The van der Waals surface area contributed by atoms with Crippen LogP contribution in [0.4, 0.5) is 5.69 Å². The summed E-state index contributed by atoms with van der Waals surface area (Å²) in [6.45, 7) is 4.09. The number of esters is 1. The van der Waals surface area contributed by atoms with Crippen molar-refractivity contribution in [3.63, 3.8) is 0 Å². The minimum Gasteiger partial charge on any atom is -0.461 e.